The van der Waals surface area contributed by atoms with Crippen molar-refractivity contribution in [2.75, 3.05) is 5.43 Å². The normalized spacial score (nSPS) is 20.6. The maximum absolute atomic E-state index is 11.3. The van der Waals surface area contributed by atoms with Gasteiger partial charge in [-0.1, -0.05) is 11.6 Å². The molecule has 0 amide bonds. The third kappa shape index (κ3) is 2.70. The van der Waals surface area contributed by atoms with E-state index in [2.05, 4.69) is 10.9 Å². The lowest BCUT2D eigenvalue weighted by molar-refractivity contribution is -0.119. The molecule has 2 N–H and O–H groups in total. The summed E-state index contributed by atoms with van der Waals surface area (Å²) in [6.07, 6.45) is 2.60. The van der Waals surface area contributed by atoms with Crippen LogP contribution >= 0.6 is 11.6 Å². The van der Waals surface area contributed by atoms with Crippen LogP contribution in [0.4, 0.5) is 5.69 Å². The average Bonchev–Trinajstić information content (AvgIpc) is 2.63. The highest BCUT2D eigenvalue weighted by molar-refractivity contribution is 6.30. The molecule has 80 valence electrons. The number of anilines is 1. The Labute approximate surface area is 93.8 Å². The van der Waals surface area contributed by atoms with E-state index in [1.807, 2.05) is 24.3 Å². The van der Waals surface area contributed by atoms with E-state index in [9.17, 15) is 4.79 Å². The van der Waals surface area contributed by atoms with Gasteiger partial charge in [0.15, 0.2) is 5.78 Å². The number of hydrogen-bond donors (Lipinski definition) is 2. The van der Waals surface area contributed by atoms with Gasteiger partial charge in [-0.3, -0.25) is 4.79 Å². The van der Waals surface area contributed by atoms with E-state index in [-0.39, 0.29) is 11.8 Å². The molecule has 4 heteroatoms. The summed E-state index contributed by atoms with van der Waals surface area (Å²) in [5.74, 6) is 0.288. The highest BCUT2D eigenvalue weighted by Gasteiger charge is 2.23. The molecule has 1 unspecified atom stereocenters. The Morgan fingerprint density at radius 2 is 2.00 bits per heavy atom. The molecule has 1 fully saturated rings. The zero-order valence-electron chi connectivity index (χ0n) is 8.29. The summed E-state index contributed by atoms with van der Waals surface area (Å²) in [6, 6.07) is 7.31. The predicted molar refractivity (Wildman–Crippen MR) is 60.9 cm³/mol. The summed E-state index contributed by atoms with van der Waals surface area (Å²) in [7, 11) is 0. The maximum atomic E-state index is 11.3. The van der Waals surface area contributed by atoms with Crippen LogP contribution in [0.1, 0.15) is 19.3 Å². The smallest absolute Gasteiger partial charge is 0.151 e. The fourth-order valence-corrected chi connectivity index (χ4v) is 1.80. The van der Waals surface area contributed by atoms with Gasteiger partial charge in [0.1, 0.15) is 0 Å². The summed E-state index contributed by atoms with van der Waals surface area (Å²) in [5, 5.41) is 0.706. The van der Waals surface area contributed by atoms with Crippen LogP contribution in [-0.2, 0) is 4.79 Å². The van der Waals surface area contributed by atoms with Crippen molar-refractivity contribution in [2.24, 2.45) is 0 Å². The number of benzene rings is 1. The van der Waals surface area contributed by atoms with Crippen molar-refractivity contribution < 1.29 is 4.79 Å². The quantitative estimate of drug-likeness (QED) is 0.775. The van der Waals surface area contributed by atoms with Gasteiger partial charge in [0.05, 0.1) is 6.04 Å². The molecule has 0 radical (unpaired) electrons. The van der Waals surface area contributed by atoms with E-state index in [1.165, 1.54) is 0 Å². The van der Waals surface area contributed by atoms with Crippen molar-refractivity contribution >= 4 is 23.1 Å². The third-order valence-electron chi connectivity index (χ3n) is 2.54. The topological polar surface area (TPSA) is 41.1 Å². The maximum Gasteiger partial charge on any atom is 0.151 e. The van der Waals surface area contributed by atoms with Gasteiger partial charge in [-0.05, 0) is 37.1 Å². The zero-order chi connectivity index (χ0) is 10.7. The van der Waals surface area contributed by atoms with E-state index in [4.69, 9.17) is 11.6 Å². The number of rotatable bonds is 3. The molecule has 1 atom stereocenters. The van der Waals surface area contributed by atoms with Crippen molar-refractivity contribution in [1.82, 2.24) is 5.43 Å². The first-order valence-electron chi connectivity index (χ1n) is 5.05. The van der Waals surface area contributed by atoms with Gasteiger partial charge in [0.25, 0.3) is 0 Å². The van der Waals surface area contributed by atoms with Crippen molar-refractivity contribution in [3.63, 3.8) is 0 Å². The molecular weight excluding hydrogens is 212 g/mol. The van der Waals surface area contributed by atoms with Gasteiger partial charge in [0, 0.05) is 17.1 Å². The number of ketones is 1. The van der Waals surface area contributed by atoms with Crippen LogP contribution in [0.3, 0.4) is 0 Å². The van der Waals surface area contributed by atoms with Crippen molar-refractivity contribution in [1.29, 1.82) is 0 Å². The Morgan fingerprint density at radius 3 is 2.60 bits per heavy atom. The molecule has 3 nitrogen and oxygen atoms in total. The van der Waals surface area contributed by atoms with Crippen molar-refractivity contribution in [3.8, 4) is 0 Å². The molecule has 0 spiro atoms. The van der Waals surface area contributed by atoms with Crippen molar-refractivity contribution in [2.45, 2.75) is 25.3 Å². The predicted octanol–water partition coefficient (Wildman–Crippen LogP) is 2.38. The van der Waals surface area contributed by atoms with Gasteiger partial charge in [-0.25, -0.2) is 5.43 Å². The number of carbonyl (C=O) groups is 1. The van der Waals surface area contributed by atoms with Gasteiger partial charge in [-0.15, -0.1) is 0 Å². The zero-order valence-corrected chi connectivity index (χ0v) is 9.05. The summed E-state index contributed by atoms with van der Waals surface area (Å²) >= 11 is 5.76. The Hall–Kier alpha value is -1.06. The van der Waals surface area contributed by atoms with Crippen LogP contribution in [-0.4, -0.2) is 11.8 Å². The number of hydrazine groups is 1. The van der Waals surface area contributed by atoms with E-state index in [0.717, 1.165) is 18.5 Å². The summed E-state index contributed by atoms with van der Waals surface area (Å²) in [4.78, 5) is 11.3. The number of hydrogen-bond acceptors (Lipinski definition) is 3. The minimum absolute atomic E-state index is 0.0410. The van der Waals surface area contributed by atoms with Crippen LogP contribution in [0.5, 0.6) is 0 Å². The van der Waals surface area contributed by atoms with Crippen LogP contribution < -0.4 is 10.9 Å². The van der Waals surface area contributed by atoms with E-state index in [0.29, 0.717) is 11.4 Å². The van der Waals surface area contributed by atoms with Gasteiger partial charge in [0.2, 0.25) is 0 Å². The van der Waals surface area contributed by atoms with Gasteiger partial charge in [-0.2, -0.15) is 0 Å². The summed E-state index contributed by atoms with van der Waals surface area (Å²) < 4.78 is 0. The minimum atomic E-state index is -0.0410. The molecule has 0 heterocycles. The lowest BCUT2D eigenvalue weighted by Gasteiger charge is -2.13. The van der Waals surface area contributed by atoms with Crippen LogP contribution in [0.15, 0.2) is 24.3 Å². The molecule has 1 saturated carbocycles. The highest BCUT2D eigenvalue weighted by atomic mass is 35.5. The van der Waals surface area contributed by atoms with Gasteiger partial charge >= 0.3 is 0 Å². The van der Waals surface area contributed by atoms with E-state index < -0.39 is 0 Å². The molecule has 15 heavy (non-hydrogen) atoms. The molecule has 0 bridgehead atoms. The second-order valence-electron chi connectivity index (χ2n) is 3.69. The number of halogens is 1. The first kappa shape index (κ1) is 10.5. The Kier molecular flexibility index (Phi) is 3.23. The first-order chi connectivity index (χ1) is 7.25. The molecule has 0 saturated heterocycles. The molecule has 1 aliphatic rings. The second-order valence-corrected chi connectivity index (χ2v) is 4.12. The third-order valence-corrected chi connectivity index (χ3v) is 2.79. The van der Waals surface area contributed by atoms with E-state index in [1.54, 1.807) is 0 Å². The standard InChI is InChI=1S/C11H13ClN2O/c12-8-4-6-9(7-5-8)13-14-10-2-1-3-11(10)15/h4-7,10,13-14H,1-3H2. The average molecular weight is 225 g/mol. The molecule has 1 aliphatic carbocycles. The monoisotopic (exact) mass is 224 g/mol. The minimum Gasteiger partial charge on any atom is -0.321 e. The highest BCUT2D eigenvalue weighted by Crippen LogP contribution is 2.16. The molecule has 1 aromatic carbocycles. The fraction of sp³-hybridized carbons (Fsp3) is 0.364. The number of Topliss-reactive ketones (excluding diaryl/α,β-unsaturated/α-hetero) is 1. The number of nitrogens with one attached hydrogen (secondary N) is 2. The van der Waals surface area contributed by atoms with E-state index >= 15 is 0 Å². The molecule has 2 rings (SSSR count). The molecule has 1 aromatic rings. The summed E-state index contributed by atoms with van der Waals surface area (Å²) in [5.41, 5.74) is 6.96. The Morgan fingerprint density at radius 1 is 1.27 bits per heavy atom. The van der Waals surface area contributed by atoms with Crippen LogP contribution in [0.2, 0.25) is 5.02 Å². The van der Waals surface area contributed by atoms with Gasteiger partial charge < -0.3 is 5.43 Å². The lowest BCUT2D eigenvalue weighted by atomic mass is 10.2. The van der Waals surface area contributed by atoms with Crippen LogP contribution in [0.25, 0.3) is 0 Å². The summed E-state index contributed by atoms with van der Waals surface area (Å²) in [6.45, 7) is 0. The molecular formula is C11H13ClN2O. The second kappa shape index (κ2) is 4.64. The number of carbonyl (C=O) groups excluding carboxylic acids is 1. The lowest BCUT2D eigenvalue weighted by Crippen LogP contribution is -2.36. The molecule has 0 aliphatic heterocycles. The first-order valence-corrected chi connectivity index (χ1v) is 5.43. The Balaban J connectivity index is 1.87. The molecule has 0 aromatic heterocycles. The largest absolute Gasteiger partial charge is 0.321 e. The van der Waals surface area contributed by atoms with Crippen molar-refractivity contribution in [3.05, 3.63) is 29.3 Å². The SMILES string of the molecule is O=C1CCCC1NNc1ccc(Cl)cc1. The Bertz CT molecular complexity index is 350. The van der Waals surface area contributed by atoms with Crippen LogP contribution in [0, 0.1) is 0 Å². The fourth-order valence-electron chi connectivity index (χ4n) is 1.67.